The van der Waals surface area contributed by atoms with Gasteiger partial charge >= 0.3 is 5.97 Å². The molecule has 3 nitrogen and oxygen atoms in total. The standard InChI is InChI=1S/C13H12O3/c1-3-16-13(15)9-8-11-6-4-5-7-12(11)10(2)14/h4-7H,3H2,1-2H3. The zero-order chi connectivity index (χ0) is 12.0. The molecule has 1 aromatic rings. The number of hydrogen-bond acceptors (Lipinski definition) is 3. The summed E-state index contributed by atoms with van der Waals surface area (Å²) >= 11 is 0. The molecule has 0 aliphatic carbocycles. The lowest BCUT2D eigenvalue weighted by molar-refractivity contribution is -0.136. The maximum absolute atomic E-state index is 11.3. The van der Waals surface area contributed by atoms with Gasteiger partial charge in [-0.05, 0) is 19.9 Å². The normalized spacial score (nSPS) is 8.88. The van der Waals surface area contributed by atoms with Crippen molar-refractivity contribution in [3.8, 4) is 11.8 Å². The van der Waals surface area contributed by atoms with Gasteiger partial charge in [0.15, 0.2) is 5.78 Å². The Morgan fingerprint density at radius 3 is 2.62 bits per heavy atom. The number of carbonyl (C=O) groups excluding carboxylic acids is 2. The van der Waals surface area contributed by atoms with Crippen LogP contribution in [0.4, 0.5) is 0 Å². The zero-order valence-electron chi connectivity index (χ0n) is 9.24. The van der Waals surface area contributed by atoms with Crippen LogP contribution >= 0.6 is 0 Å². The SMILES string of the molecule is CCOC(=O)C#Cc1ccccc1C(C)=O. The van der Waals surface area contributed by atoms with Crippen LogP contribution in [0.15, 0.2) is 24.3 Å². The van der Waals surface area contributed by atoms with Crippen molar-refractivity contribution in [1.82, 2.24) is 0 Å². The summed E-state index contributed by atoms with van der Waals surface area (Å²) in [6.07, 6.45) is 0. The van der Waals surface area contributed by atoms with Crippen LogP contribution in [0.3, 0.4) is 0 Å². The minimum Gasteiger partial charge on any atom is -0.456 e. The molecule has 0 aromatic heterocycles. The highest BCUT2D eigenvalue weighted by atomic mass is 16.5. The van der Waals surface area contributed by atoms with Crippen molar-refractivity contribution in [3.05, 3.63) is 35.4 Å². The van der Waals surface area contributed by atoms with Crippen molar-refractivity contribution in [2.24, 2.45) is 0 Å². The van der Waals surface area contributed by atoms with E-state index < -0.39 is 5.97 Å². The van der Waals surface area contributed by atoms with Crippen LogP contribution < -0.4 is 0 Å². The largest absolute Gasteiger partial charge is 0.456 e. The summed E-state index contributed by atoms with van der Waals surface area (Å²) in [4.78, 5) is 22.3. The van der Waals surface area contributed by atoms with Gasteiger partial charge in [-0.15, -0.1) is 0 Å². The molecular formula is C13H12O3. The van der Waals surface area contributed by atoms with Gasteiger partial charge in [0, 0.05) is 17.0 Å². The van der Waals surface area contributed by atoms with Crippen molar-refractivity contribution in [1.29, 1.82) is 0 Å². The summed E-state index contributed by atoms with van der Waals surface area (Å²) in [5.74, 6) is 4.31. The Labute approximate surface area is 94.4 Å². The number of rotatable bonds is 2. The number of benzene rings is 1. The monoisotopic (exact) mass is 216 g/mol. The average molecular weight is 216 g/mol. The molecule has 0 saturated heterocycles. The third kappa shape index (κ3) is 3.25. The molecule has 82 valence electrons. The molecule has 0 aliphatic heterocycles. The molecule has 0 fully saturated rings. The number of Topliss-reactive ketones (excluding diaryl/α,β-unsaturated/α-hetero) is 1. The van der Waals surface area contributed by atoms with Gasteiger partial charge in [0.2, 0.25) is 0 Å². The topological polar surface area (TPSA) is 43.4 Å². The lowest BCUT2D eigenvalue weighted by Gasteiger charge is -1.98. The quantitative estimate of drug-likeness (QED) is 0.430. The molecule has 1 rings (SSSR count). The second-order valence-corrected chi connectivity index (χ2v) is 3.07. The fourth-order valence-electron chi connectivity index (χ4n) is 1.18. The van der Waals surface area contributed by atoms with Crippen LogP contribution in [0.5, 0.6) is 0 Å². The van der Waals surface area contributed by atoms with Crippen LogP contribution in [0.25, 0.3) is 0 Å². The van der Waals surface area contributed by atoms with E-state index in [1.165, 1.54) is 6.92 Å². The van der Waals surface area contributed by atoms with Gasteiger partial charge in [-0.25, -0.2) is 4.79 Å². The molecule has 16 heavy (non-hydrogen) atoms. The van der Waals surface area contributed by atoms with Crippen LogP contribution in [-0.2, 0) is 9.53 Å². The summed E-state index contributed by atoms with van der Waals surface area (Å²) in [5.41, 5.74) is 1.06. The number of ketones is 1. The summed E-state index contributed by atoms with van der Waals surface area (Å²) in [5, 5.41) is 0. The van der Waals surface area contributed by atoms with Crippen LogP contribution in [0.2, 0.25) is 0 Å². The Hall–Kier alpha value is -2.08. The van der Waals surface area contributed by atoms with E-state index in [0.717, 1.165) is 0 Å². The molecule has 0 N–H and O–H groups in total. The predicted molar refractivity (Wildman–Crippen MR) is 60.0 cm³/mol. The number of hydrogen-bond donors (Lipinski definition) is 0. The molecule has 0 bridgehead atoms. The van der Waals surface area contributed by atoms with Gasteiger partial charge < -0.3 is 4.74 Å². The fourth-order valence-corrected chi connectivity index (χ4v) is 1.18. The van der Waals surface area contributed by atoms with E-state index in [9.17, 15) is 9.59 Å². The van der Waals surface area contributed by atoms with E-state index in [4.69, 9.17) is 0 Å². The van der Waals surface area contributed by atoms with Crippen molar-refractivity contribution in [2.45, 2.75) is 13.8 Å². The number of carbonyl (C=O) groups is 2. The number of ether oxygens (including phenoxy) is 1. The van der Waals surface area contributed by atoms with Crippen molar-refractivity contribution in [3.63, 3.8) is 0 Å². The van der Waals surface area contributed by atoms with E-state index in [1.807, 2.05) is 0 Å². The van der Waals surface area contributed by atoms with Gasteiger partial charge in [-0.2, -0.15) is 0 Å². The van der Waals surface area contributed by atoms with E-state index in [-0.39, 0.29) is 5.78 Å². The second kappa shape index (κ2) is 5.72. The summed E-state index contributed by atoms with van der Waals surface area (Å²) < 4.78 is 4.67. The first-order chi connectivity index (χ1) is 7.65. The molecule has 0 spiro atoms. The first-order valence-corrected chi connectivity index (χ1v) is 4.94. The highest BCUT2D eigenvalue weighted by Crippen LogP contribution is 2.07. The molecule has 0 unspecified atom stereocenters. The Kier molecular flexibility index (Phi) is 4.28. The van der Waals surface area contributed by atoms with E-state index in [0.29, 0.717) is 17.7 Å². The lowest BCUT2D eigenvalue weighted by atomic mass is 10.1. The van der Waals surface area contributed by atoms with Crippen molar-refractivity contribution in [2.75, 3.05) is 6.61 Å². The summed E-state index contributed by atoms with van der Waals surface area (Å²) in [6.45, 7) is 3.47. The third-order valence-electron chi connectivity index (χ3n) is 1.88. The van der Waals surface area contributed by atoms with Gasteiger partial charge in [-0.3, -0.25) is 4.79 Å². The highest BCUT2D eigenvalue weighted by Gasteiger charge is 2.03. The van der Waals surface area contributed by atoms with Gasteiger partial charge in [0.1, 0.15) is 0 Å². The predicted octanol–water partition coefficient (Wildman–Crippen LogP) is 1.80. The minimum absolute atomic E-state index is 0.0752. The van der Waals surface area contributed by atoms with E-state index in [2.05, 4.69) is 16.6 Å². The van der Waals surface area contributed by atoms with E-state index >= 15 is 0 Å². The first kappa shape index (κ1) is 12.0. The van der Waals surface area contributed by atoms with Gasteiger partial charge in [-0.1, -0.05) is 24.1 Å². The average Bonchev–Trinajstić information content (AvgIpc) is 2.27. The molecule has 0 atom stereocenters. The zero-order valence-corrected chi connectivity index (χ0v) is 9.24. The van der Waals surface area contributed by atoms with Gasteiger partial charge in [0.25, 0.3) is 0 Å². The fraction of sp³-hybridized carbons (Fsp3) is 0.231. The van der Waals surface area contributed by atoms with Crippen LogP contribution in [0, 0.1) is 11.8 Å². The Morgan fingerprint density at radius 1 is 1.31 bits per heavy atom. The first-order valence-electron chi connectivity index (χ1n) is 4.94. The molecular weight excluding hydrogens is 204 g/mol. The molecule has 0 saturated carbocycles. The van der Waals surface area contributed by atoms with Gasteiger partial charge in [0.05, 0.1) is 6.61 Å². The molecule has 3 heteroatoms. The molecule has 0 radical (unpaired) electrons. The highest BCUT2D eigenvalue weighted by molar-refractivity contribution is 5.97. The second-order valence-electron chi connectivity index (χ2n) is 3.07. The molecule has 0 aliphatic rings. The van der Waals surface area contributed by atoms with Crippen molar-refractivity contribution < 1.29 is 14.3 Å². The van der Waals surface area contributed by atoms with Crippen molar-refractivity contribution >= 4 is 11.8 Å². The summed E-state index contributed by atoms with van der Waals surface area (Å²) in [6, 6.07) is 6.90. The van der Waals surface area contributed by atoms with Crippen LogP contribution in [-0.4, -0.2) is 18.4 Å². The molecule has 0 amide bonds. The smallest absolute Gasteiger partial charge is 0.384 e. The summed E-state index contributed by atoms with van der Waals surface area (Å²) in [7, 11) is 0. The number of esters is 1. The molecule has 0 heterocycles. The maximum atomic E-state index is 11.3. The maximum Gasteiger partial charge on any atom is 0.384 e. The minimum atomic E-state index is -0.583. The Morgan fingerprint density at radius 2 is 2.00 bits per heavy atom. The third-order valence-corrected chi connectivity index (χ3v) is 1.88. The van der Waals surface area contributed by atoms with Crippen LogP contribution in [0.1, 0.15) is 29.8 Å². The van der Waals surface area contributed by atoms with E-state index in [1.54, 1.807) is 31.2 Å². The molecule has 1 aromatic carbocycles. The Balaban J connectivity index is 2.96. The Bertz CT molecular complexity index is 464. The lowest BCUT2D eigenvalue weighted by Crippen LogP contribution is -2.00.